The molecule has 31 heavy (non-hydrogen) atoms. The van der Waals surface area contributed by atoms with Crippen LogP contribution in [0.2, 0.25) is 0 Å². The molecule has 0 amide bonds. The van der Waals surface area contributed by atoms with Gasteiger partial charge < -0.3 is 18.8 Å². The van der Waals surface area contributed by atoms with E-state index in [1.54, 1.807) is 0 Å². The maximum absolute atomic E-state index is 12.4. The lowest BCUT2D eigenvalue weighted by atomic mass is 9.76. The van der Waals surface area contributed by atoms with Crippen LogP contribution in [0, 0.1) is 0 Å². The fraction of sp³-hybridized carbons (Fsp3) is 0.480. The van der Waals surface area contributed by atoms with Crippen molar-refractivity contribution in [1.82, 2.24) is 0 Å². The third kappa shape index (κ3) is 4.24. The molecule has 0 aromatic heterocycles. The number of benzene rings is 2. The first kappa shape index (κ1) is 21.9. The third-order valence-electron chi connectivity index (χ3n) is 6.20. The van der Waals surface area contributed by atoms with Crippen LogP contribution in [0.4, 0.5) is 0 Å². The van der Waals surface area contributed by atoms with Crippen LogP contribution in [0.25, 0.3) is 0 Å². The van der Waals surface area contributed by atoms with Gasteiger partial charge in [0.05, 0.1) is 17.6 Å². The van der Waals surface area contributed by atoms with Crippen LogP contribution in [-0.2, 0) is 31.7 Å². The molecule has 2 aliphatic rings. The summed E-state index contributed by atoms with van der Waals surface area (Å²) in [6.07, 6.45) is 0.896. The standard InChI is InChI=1S/C25H31BO5/c1-23(2,3)29-21(27)15-16-10-9-13-20-18(16)14-17-11-8-12-19(22(17)28-20)26-30-24(4,5)25(6,7)31-26/h8-13H,14-15H2,1-7H3. The van der Waals surface area contributed by atoms with Gasteiger partial charge in [-0.15, -0.1) is 0 Å². The first-order valence-corrected chi connectivity index (χ1v) is 10.8. The normalized spacial score (nSPS) is 18.7. The fourth-order valence-electron chi connectivity index (χ4n) is 3.93. The lowest BCUT2D eigenvalue weighted by Gasteiger charge is -2.32. The molecule has 164 valence electrons. The third-order valence-corrected chi connectivity index (χ3v) is 6.20. The monoisotopic (exact) mass is 422 g/mol. The van der Waals surface area contributed by atoms with E-state index >= 15 is 0 Å². The highest BCUT2D eigenvalue weighted by atomic mass is 16.7. The molecular formula is C25H31BO5. The molecule has 1 fully saturated rings. The van der Waals surface area contributed by atoms with Crippen LogP contribution < -0.4 is 10.2 Å². The molecule has 0 saturated carbocycles. The Labute approximate surface area is 185 Å². The molecule has 1 saturated heterocycles. The van der Waals surface area contributed by atoms with Crippen molar-refractivity contribution in [2.45, 2.75) is 78.1 Å². The van der Waals surface area contributed by atoms with Crippen molar-refractivity contribution >= 4 is 18.6 Å². The average Bonchev–Trinajstić information content (AvgIpc) is 2.85. The van der Waals surface area contributed by atoms with Gasteiger partial charge in [-0.3, -0.25) is 4.79 Å². The Hall–Kier alpha value is -2.31. The number of rotatable bonds is 3. The van der Waals surface area contributed by atoms with Gasteiger partial charge in [-0.2, -0.15) is 0 Å². The highest BCUT2D eigenvalue weighted by Crippen LogP contribution is 2.41. The van der Waals surface area contributed by atoms with Crippen molar-refractivity contribution in [3.63, 3.8) is 0 Å². The van der Waals surface area contributed by atoms with Crippen LogP contribution in [0.3, 0.4) is 0 Å². The number of para-hydroxylation sites is 1. The van der Waals surface area contributed by atoms with Gasteiger partial charge in [0, 0.05) is 17.4 Å². The molecule has 0 bridgehead atoms. The molecule has 0 spiro atoms. The number of ether oxygens (including phenoxy) is 2. The second kappa shape index (κ2) is 7.39. The molecule has 0 aliphatic carbocycles. The van der Waals surface area contributed by atoms with Gasteiger partial charge in [-0.1, -0.05) is 30.3 Å². The van der Waals surface area contributed by atoms with E-state index in [0.717, 1.165) is 33.7 Å². The molecule has 2 aromatic carbocycles. The summed E-state index contributed by atoms with van der Waals surface area (Å²) in [5.41, 5.74) is 2.54. The SMILES string of the molecule is CC(C)(C)OC(=O)Cc1cccc2c1Cc1cccc(B3OC(C)(C)C(C)(C)O3)c1O2. The smallest absolute Gasteiger partial charge is 0.460 e. The summed E-state index contributed by atoms with van der Waals surface area (Å²) >= 11 is 0. The van der Waals surface area contributed by atoms with Crippen LogP contribution in [0.15, 0.2) is 36.4 Å². The van der Waals surface area contributed by atoms with E-state index in [4.69, 9.17) is 18.8 Å². The van der Waals surface area contributed by atoms with E-state index in [2.05, 4.69) is 6.07 Å². The van der Waals surface area contributed by atoms with E-state index < -0.39 is 23.9 Å². The van der Waals surface area contributed by atoms with Crippen molar-refractivity contribution in [2.24, 2.45) is 0 Å². The number of hydrogen-bond acceptors (Lipinski definition) is 5. The Bertz CT molecular complexity index is 1000. The molecule has 2 aromatic rings. The summed E-state index contributed by atoms with van der Waals surface area (Å²) in [6, 6.07) is 11.9. The van der Waals surface area contributed by atoms with Crippen molar-refractivity contribution in [3.05, 3.63) is 53.1 Å². The summed E-state index contributed by atoms with van der Waals surface area (Å²) in [6.45, 7) is 13.8. The highest BCUT2D eigenvalue weighted by Gasteiger charge is 2.52. The number of carbonyl (C=O) groups is 1. The number of fused-ring (bicyclic) bond motifs is 2. The van der Waals surface area contributed by atoms with Crippen LogP contribution in [0.1, 0.15) is 65.2 Å². The van der Waals surface area contributed by atoms with Gasteiger partial charge in [0.15, 0.2) is 0 Å². The van der Waals surface area contributed by atoms with Crippen molar-refractivity contribution < 1.29 is 23.6 Å². The van der Waals surface area contributed by atoms with Crippen molar-refractivity contribution in [1.29, 1.82) is 0 Å². The molecule has 0 unspecified atom stereocenters. The average molecular weight is 422 g/mol. The fourth-order valence-corrected chi connectivity index (χ4v) is 3.93. The molecule has 0 N–H and O–H groups in total. The number of esters is 1. The molecule has 6 heteroatoms. The summed E-state index contributed by atoms with van der Waals surface area (Å²) in [7, 11) is -0.494. The lowest BCUT2D eigenvalue weighted by Crippen LogP contribution is -2.41. The summed E-state index contributed by atoms with van der Waals surface area (Å²) in [5.74, 6) is 1.30. The van der Waals surface area contributed by atoms with Gasteiger partial charge in [0.25, 0.3) is 0 Å². The predicted octanol–water partition coefficient (Wildman–Crippen LogP) is 4.57. The molecular weight excluding hydrogens is 391 g/mol. The van der Waals surface area contributed by atoms with Gasteiger partial charge in [0.1, 0.15) is 17.1 Å². The van der Waals surface area contributed by atoms with Crippen molar-refractivity contribution in [3.8, 4) is 11.5 Å². The summed E-state index contributed by atoms with van der Waals surface area (Å²) in [4.78, 5) is 12.4. The molecule has 2 heterocycles. The van der Waals surface area contributed by atoms with Gasteiger partial charge in [-0.25, -0.2) is 0 Å². The molecule has 0 atom stereocenters. The van der Waals surface area contributed by atoms with E-state index in [-0.39, 0.29) is 12.4 Å². The Kier molecular flexibility index (Phi) is 5.22. The van der Waals surface area contributed by atoms with E-state index in [1.807, 2.05) is 78.8 Å². The minimum absolute atomic E-state index is 0.218. The zero-order valence-corrected chi connectivity index (χ0v) is 19.5. The largest absolute Gasteiger partial charge is 0.498 e. The maximum atomic E-state index is 12.4. The lowest BCUT2D eigenvalue weighted by molar-refractivity contribution is -0.153. The van der Waals surface area contributed by atoms with Crippen LogP contribution in [-0.4, -0.2) is 29.9 Å². The highest BCUT2D eigenvalue weighted by molar-refractivity contribution is 6.63. The van der Waals surface area contributed by atoms with Gasteiger partial charge in [0.2, 0.25) is 0 Å². The van der Waals surface area contributed by atoms with Crippen LogP contribution >= 0.6 is 0 Å². The Morgan fingerprint density at radius 3 is 2.32 bits per heavy atom. The van der Waals surface area contributed by atoms with Gasteiger partial charge >= 0.3 is 13.1 Å². The zero-order valence-electron chi connectivity index (χ0n) is 19.5. The summed E-state index contributed by atoms with van der Waals surface area (Å²) in [5, 5.41) is 0. The van der Waals surface area contributed by atoms with Crippen molar-refractivity contribution in [2.75, 3.05) is 0 Å². The van der Waals surface area contributed by atoms with Crippen LogP contribution in [0.5, 0.6) is 11.5 Å². The maximum Gasteiger partial charge on any atom is 0.498 e. The van der Waals surface area contributed by atoms with E-state index in [9.17, 15) is 4.79 Å². The summed E-state index contributed by atoms with van der Waals surface area (Å²) < 4.78 is 24.4. The Balaban J connectivity index is 1.63. The second-order valence-corrected chi connectivity index (χ2v) is 10.4. The van der Waals surface area contributed by atoms with E-state index in [0.29, 0.717) is 6.42 Å². The second-order valence-electron chi connectivity index (χ2n) is 10.4. The Morgan fingerprint density at radius 1 is 1.03 bits per heavy atom. The number of hydrogen-bond donors (Lipinski definition) is 0. The number of carbonyl (C=O) groups excluding carboxylic acids is 1. The minimum atomic E-state index is -0.507. The first-order valence-electron chi connectivity index (χ1n) is 10.8. The predicted molar refractivity (Wildman–Crippen MR) is 121 cm³/mol. The molecule has 4 rings (SSSR count). The van der Waals surface area contributed by atoms with Gasteiger partial charge in [-0.05, 0) is 65.7 Å². The topological polar surface area (TPSA) is 54.0 Å². The first-order chi connectivity index (χ1) is 14.4. The minimum Gasteiger partial charge on any atom is -0.460 e. The molecule has 2 aliphatic heterocycles. The molecule has 0 radical (unpaired) electrons. The Morgan fingerprint density at radius 2 is 1.68 bits per heavy atom. The quantitative estimate of drug-likeness (QED) is 0.457. The zero-order chi connectivity index (χ0) is 22.6. The van der Waals surface area contributed by atoms with E-state index in [1.165, 1.54) is 0 Å². The molecule has 5 nitrogen and oxygen atoms in total.